The van der Waals surface area contributed by atoms with E-state index in [0.717, 1.165) is 19.3 Å². The topological polar surface area (TPSA) is 37.3 Å². The molecule has 0 amide bonds. The van der Waals surface area contributed by atoms with Crippen molar-refractivity contribution in [3.05, 3.63) is 12.2 Å². The van der Waals surface area contributed by atoms with Gasteiger partial charge >= 0.3 is 5.97 Å². The van der Waals surface area contributed by atoms with Gasteiger partial charge in [0.15, 0.2) is 0 Å². The molecule has 0 aromatic rings. The second-order valence-electron chi connectivity index (χ2n) is 3.74. The van der Waals surface area contributed by atoms with Crippen LogP contribution in [0.25, 0.3) is 0 Å². The van der Waals surface area contributed by atoms with Crippen LogP contribution in [0, 0.1) is 5.92 Å². The maximum absolute atomic E-state index is 13.5. The highest BCUT2D eigenvalue weighted by atomic mass is 19.3. The summed E-state index contributed by atoms with van der Waals surface area (Å²) < 4.78 is 26.9. The van der Waals surface area contributed by atoms with Crippen LogP contribution < -0.4 is 0 Å². The molecule has 0 heterocycles. The summed E-state index contributed by atoms with van der Waals surface area (Å²) in [5.74, 6) is -5.67. The van der Waals surface area contributed by atoms with E-state index in [2.05, 4.69) is 6.58 Å². The van der Waals surface area contributed by atoms with Crippen LogP contribution >= 0.6 is 0 Å². The first-order valence-electron chi connectivity index (χ1n) is 4.76. The molecule has 0 aromatic heterocycles. The lowest BCUT2D eigenvalue weighted by atomic mass is 9.82. The molecule has 2 nitrogen and oxygen atoms in total. The SMILES string of the molecule is C=C(C(=O)O)C(F)(F)C1CCCCC1. The largest absolute Gasteiger partial charge is 0.478 e. The van der Waals surface area contributed by atoms with Gasteiger partial charge in [0.05, 0.1) is 5.57 Å². The lowest BCUT2D eigenvalue weighted by Crippen LogP contribution is -2.34. The Morgan fingerprint density at radius 2 is 1.79 bits per heavy atom. The van der Waals surface area contributed by atoms with Crippen LogP contribution in [0.4, 0.5) is 8.78 Å². The van der Waals surface area contributed by atoms with Crippen LogP contribution in [-0.4, -0.2) is 17.0 Å². The number of carboxylic acid groups (broad SMARTS) is 1. The normalized spacial score (nSPS) is 19.3. The van der Waals surface area contributed by atoms with E-state index in [0.29, 0.717) is 12.8 Å². The highest BCUT2D eigenvalue weighted by Gasteiger charge is 2.45. The van der Waals surface area contributed by atoms with E-state index in [9.17, 15) is 13.6 Å². The molecule has 1 saturated carbocycles. The second kappa shape index (κ2) is 4.07. The van der Waals surface area contributed by atoms with E-state index in [-0.39, 0.29) is 0 Å². The molecule has 0 atom stereocenters. The first-order chi connectivity index (χ1) is 6.46. The van der Waals surface area contributed by atoms with Gasteiger partial charge in [-0.1, -0.05) is 25.8 Å². The van der Waals surface area contributed by atoms with Crippen LogP contribution in [-0.2, 0) is 4.79 Å². The van der Waals surface area contributed by atoms with Gasteiger partial charge in [-0.15, -0.1) is 0 Å². The molecule has 80 valence electrons. The predicted molar refractivity (Wildman–Crippen MR) is 48.3 cm³/mol. The number of aliphatic carboxylic acids is 1. The lowest BCUT2D eigenvalue weighted by molar-refractivity contribution is -0.138. The van der Waals surface area contributed by atoms with E-state index in [4.69, 9.17) is 5.11 Å². The van der Waals surface area contributed by atoms with Crippen LogP contribution in [0.2, 0.25) is 0 Å². The molecule has 0 saturated heterocycles. The molecule has 1 aliphatic carbocycles. The number of hydrogen-bond donors (Lipinski definition) is 1. The fraction of sp³-hybridized carbons (Fsp3) is 0.700. The Morgan fingerprint density at radius 3 is 2.21 bits per heavy atom. The van der Waals surface area contributed by atoms with Gasteiger partial charge < -0.3 is 5.11 Å². The third kappa shape index (κ3) is 2.11. The van der Waals surface area contributed by atoms with E-state index in [1.54, 1.807) is 0 Å². The summed E-state index contributed by atoms with van der Waals surface area (Å²) in [6.45, 7) is 2.95. The minimum Gasteiger partial charge on any atom is -0.478 e. The third-order valence-electron chi connectivity index (χ3n) is 2.78. The zero-order valence-corrected chi connectivity index (χ0v) is 7.93. The van der Waals surface area contributed by atoms with Crippen molar-refractivity contribution in [2.45, 2.75) is 38.0 Å². The van der Waals surface area contributed by atoms with Crippen LogP contribution in [0.1, 0.15) is 32.1 Å². The second-order valence-corrected chi connectivity index (χ2v) is 3.74. The average Bonchev–Trinajstić information content (AvgIpc) is 2.18. The molecule has 0 bridgehead atoms. The molecule has 1 aliphatic rings. The Bertz CT molecular complexity index is 243. The number of halogens is 2. The van der Waals surface area contributed by atoms with Gasteiger partial charge in [-0.2, -0.15) is 0 Å². The summed E-state index contributed by atoms with van der Waals surface area (Å²) in [5, 5.41) is 8.47. The molecule has 1 rings (SSSR count). The summed E-state index contributed by atoms with van der Waals surface area (Å²) in [7, 11) is 0. The Morgan fingerprint density at radius 1 is 1.29 bits per heavy atom. The molecule has 14 heavy (non-hydrogen) atoms. The Hall–Kier alpha value is -0.930. The predicted octanol–water partition coefficient (Wildman–Crippen LogP) is 2.84. The van der Waals surface area contributed by atoms with E-state index in [1.165, 1.54) is 0 Å². The van der Waals surface area contributed by atoms with Crippen molar-refractivity contribution in [2.24, 2.45) is 5.92 Å². The molecule has 0 aromatic carbocycles. The van der Waals surface area contributed by atoms with Crippen molar-refractivity contribution >= 4 is 5.97 Å². The molecule has 1 N–H and O–H groups in total. The number of carbonyl (C=O) groups is 1. The molecule has 0 radical (unpaired) electrons. The summed E-state index contributed by atoms with van der Waals surface area (Å²) in [6.07, 6.45) is 3.28. The Balaban J connectivity index is 2.71. The standard InChI is InChI=1S/C10H14F2O2/c1-7(9(13)14)10(11,12)8-5-3-2-4-6-8/h8H,1-6H2,(H,13,14). The van der Waals surface area contributed by atoms with Crippen LogP contribution in [0.3, 0.4) is 0 Å². The first kappa shape index (κ1) is 11.1. The maximum atomic E-state index is 13.5. The maximum Gasteiger partial charge on any atom is 0.337 e. The fourth-order valence-electron chi connectivity index (χ4n) is 1.85. The van der Waals surface area contributed by atoms with Crippen molar-refractivity contribution < 1.29 is 18.7 Å². The molecule has 0 spiro atoms. The van der Waals surface area contributed by atoms with E-state index >= 15 is 0 Å². The Labute approximate surface area is 81.6 Å². The van der Waals surface area contributed by atoms with Gasteiger partial charge in [0.2, 0.25) is 0 Å². The number of rotatable bonds is 3. The van der Waals surface area contributed by atoms with Crippen molar-refractivity contribution in [2.75, 3.05) is 0 Å². The fourth-order valence-corrected chi connectivity index (χ4v) is 1.85. The summed E-state index contributed by atoms with van der Waals surface area (Å²) in [6, 6.07) is 0. The summed E-state index contributed by atoms with van der Waals surface area (Å²) in [5.41, 5.74) is -0.968. The number of alkyl halides is 2. The lowest BCUT2D eigenvalue weighted by Gasteiger charge is -2.29. The van der Waals surface area contributed by atoms with Gasteiger partial charge in [0.1, 0.15) is 0 Å². The zero-order chi connectivity index (χ0) is 10.8. The van der Waals surface area contributed by atoms with Crippen LogP contribution in [0.15, 0.2) is 12.2 Å². The minimum atomic E-state index is -3.24. The third-order valence-corrected chi connectivity index (χ3v) is 2.78. The minimum absolute atomic E-state index is 0.402. The molecular weight excluding hydrogens is 190 g/mol. The van der Waals surface area contributed by atoms with Crippen LogP contribution in [0.5, 0.6) is 0 Å². The smallest absolute Gasteiger partial charge is 0.337 e. The Kier molecular flexibility index (Phi) is 3.24. The number of carboxylic acids is 1. The monoisotopic (exact) mass is 204 g/mol. The van der Waals surface area contributed by atoms with Gasteiger partial charge in [0.25, 0.3) is 5.92 Å². The zero-order valence-electron chi connectivity index (χ0n) is 7.93. The van der Waals surface area contributed by atoms with Crippen molar-refractivity contribution in [3.63, 3.8) is 0 Å². The molecular formula is C10H14F2O2. The molecule has 0 unspecified atom stereocenters. The van der Waals surface area contributed by atoms with Gasteiger partial charge in [-0.25, -0.2) is 13.6 Å². The van der Waals surface area contributed by atoms with Gasteiger partial charge in [-0.05, 0) is 12.8 Å². The van der Waals surface area contributed by atoms with Crippen molar-refractivity contribution in [1.82, 2.24) is 0 Å². The van der Waals surface area contributed by atoms with E-state index in [1.807, 2.05) is 0 Å². The summed E-state index contributed by atoms with van der Waals surface area (Å²) in [4.78, 5) is 10.4. The highest BCUT2D eigenvalue weighted by Crippen LogP contribution is 2.40. The highest BCUT2D eigenvalue weighted by molar-refractivity contribution is 5.87. The molecule has 4 heteroatoms. The molecule has 0 aliphatic heterocycles. The first-order valence-corrected chi connectivity index (χ1v) is 4.76. The van der Waals surface area contributed by atoms with Crippen molar-refractivity contribution in [3.8, 4) is 0 Å². The van der Waals surface area contributed by atoms with Crippen molar-refractivity contribution in [1.29, 1.82) is 0 Å². The van der Waals surface area contributed by atoms with E-state index < -0.39 is 23.4 Å². The number of hydrogen-bond acceptors (Lipinski definition) is 1. The van der Waals surface area contributed by atoms with Gasteiger partial charge in [-0.3, -0.25) is 0 Å². The van der Waals surface area contributed by atoms with Gasteiger partial charge in [0, 0.05) is 5.92 Å². The average molecular weight is 204 g/mol. The summed E-state index contributed by atoms with van der Waals surface area (Å²) >= 11 is 0. The molecule has 1 fully saturated rings. The quantitative estimate of drug-likeness (QED) is 0.718.